The van der Waals surface area contributed by atoms with Gasteiger partial charge in [-0.2, -0.15) is 70.6 Å². The van der Waals surface area contributed by atoms with Gasteiger partial charge in [-0.3, -0.25) is 24.0 Å². The van der Waals surface area contributed by atoms with E-state index in [1.165, 1.54) is 140 Å². The lowest BCUT2D eigenvalue weighted by Gasteiger charge is -2.35. The van der Waals surface area contributed by atoms with Crippen molar-refractivity contribution in [2.45, 2.75) is 344 Å². The number of hydrogen-bond donors (Lipinski definition) is 13. The standard InChI is InChI=1S/C27H48N2O7S4.C27H44N2O7S4.C16H28N2O8S2.C8H18N2S2.C5H8O3.CH4/c1-8-9-14-37-21-12-13-22(21)38-15-10-11-20(30)18(28-24(33)35-26(2,3)4)16-39-40-17-19(23(31)32)29-25(34)36-27(5,6)7;1-4-5-14-37-23-10-11-24(23)38-15-6-7-22(32)20(28-25(33)12-8-18(2)30)16-39-40-17-21(27(35)36)29-26(34)13-9-19(3)31;1-15(2,3)25-13(23)17-9(11(19)20)7-27-28-8-10(12(21)22)18-14(24)26-16(4,5)6;9-3-5-11-7-1-2-8(7)12-6-4-10;1-4(6)2-3-5(7)8;/h18-19,21-22H,8-17H2,1-7H3,(H,28,33)(H,29,34)(H,31,32);20-21,23-24H,4-17H2,1-3H3,(H,28,33)(H,29,34)(H,35,36);9-10H,7-8H2,1-6H3,(H,17,23)(H,18,24)(H,19,20)(H,21,22);7-8H,1-6,9-10H2;2-3H2,1H3,(H,7,8);1H4. The number of unbranched alkanes of at least 4 members (excludes halogenated alkanes) is 2. The summed E-state index contributed by atoms with van der Waals surface area (Å²) in [4.78, 5) is 186. The van der Waals surface area contributed by atoms with Crippen LogP contribution in [0.5, 0.6) is 0 Å². The molecule has 748 valence electrons. The molecule has 3 aliphatic carbocycles. The van der Waals surface area contributed by atoms with Crippen LogP contribution in [-0.4, -0.2) is 293 Å². The molecular formula is C84H150N8O25S12. The van der Waals surface area contributed by atoms with E-state index in [9.17, 15) is 97.1 Å². The number of nitrogens with one attached hydrogen (secondary N) is 6. The maximum atomic E-state index is 13.1. The normalized spacial score (nSPS) is 17.5. The summed E-state index contributed by atoms with van der Waals surface area (Å²) in [7, 11) is 7.00. The van der Waals surface area contributed by atoms with Gasteiger partial charge in [0.05, 0.1) is 12.5 Å². The number of carboxylic acid groups (broad SMARTS) is 5. The quantitative estimate of drug-likeness (QED) is 0.0153. The number of ketones is 5. The summed E-state index contributed by atoms with van der Waals surface area (Å²) in [6, 6.07) is -6.22. The molecule has 12 atom stereocenters. The Kier molecular flexibility index (Phi) is 73.1. The zero-order valence-corrected chi connectivity index (χ0v) is 87.2. The third-order valence-corrected chi connectivity index (χ3v) is 33.7. The monoisotopic (exact) mass is 2050 g/mol. The van der Waals surface area contributed by atoms with E-state index in [4.69, 9.17) is 35.5 Å². The molecule has 0 spiro atoms. The molecule has 3 fully saturated rings. The van der Waals surface area contributed by atoms with Crippen molar-refractivity contribution in [3.63, 3.8) is 0 Å². The fourth-order valence-electron chi connectivity index (χ4n) is 9.99. The number of amides is 6. The second kappa shape index (κ2) is 73.1. The summed E-state index contributed by atoms with van der Waals surface area (Å²) < 4.78 is 20.5. The number of ether oxygens (including phenoxy) is 4. The highest BCUT2D eigenvalue weighted by Crippen LogP contribution is 2.43. The molecule has 0 bridgehead atoms. The van der Waals surface area contributed by atoms with Crippen LogP contribution in [-0.2, 0) is 76.5 Å². The molecule has 129 heavy (non-hydrogen) atoms. The highest BCUT2D eigenvalue weighted by atomic mass is 33.1. The van der Waals surface area contributed by atoms with Crippen LogP contribution in [0.3, 0.4) is 0 Å². The van der Waals surface area contributed by atoms with Gasteiger partial charge in [0, 0.05) is 136 Å². The third kappa shape index (κ3) is 72.9. The lowest BCUT2D eigenvalue weighted by molar-refractivity contribution is -0.141. The maximum Gasteiger partial charge on any atom is 0.408 e. The van der Waals surface area contributed by atoms with Crippen LogP contribution in [0, 0.1) is 0 Å². The highest BCUT2D eigenvalue weighted by molar-refractivity contribution is 8.77. The number of carboxylic acids is 5. The van der Waals surface area contributed by atoms with Crippen LogP contribution in [0.25, 0.3) is 0 Å². The third-order valence-electron chi connectivity index (χ3n) is 17.0. The van der Waals surface area contributed by atoms with Crippen molar-refractivity contribution < 1.29 is 121 Å². The molecule has 0 aliphatic heterocycles. The van der Waals surface area contributed by atoms with Gasteiger partial charge in [0.1, 0.15) is 70.0 Å². The van der Waals surface area contributed by atoms with Gasteiger partial charge in [0.15, 0.2) is 11.6 Å². The zero-order chi connectivity index (χ0) is 97.8. The second-order valence-corrected chi connectivity index (χ2v) is 49.4. The van der Waals surface area contributed by atoms with Crippen molar-refractivity contribution in [3.05, 3.63) is 0 Å². The summed E-state index contributed by atoms with van der Waals surface area (Å²) in [6.45, 7) is 30.4. The Morgan fingerprint density at radius 2 is 0.519 bits per heavy atom. The average molecular weight is 2060 g/mol. The molecule has 0 radical (unpaired) electrons. The average Bonchev–Trinajstić information content (AvgIpc) is 0.846. The summed E-state index contributed by atoms with van der Waals surface area (Å²) >= 11 is 12.1. The number of nitrogens with two attached hydrogens (primary N) is 2. The number of carbonyl (C=O) groups is 16. The molecule has 0 aromatic heterocycles. The largest absolute Gasteiger partial charge is 0.481 e. The molecule has 3 rings (SSSR count). The highest BCUT2D eigenvalue weighted by Gasteiger charge is 2.36. The van der Waals surface area contributed by atoms with E-state index < -0.39 is 119 Å². The Bertz CT molecular complexity index is 3280. The van der Waals surface area contributed by atoms with Gasteiger partial charge in [0.2, 0.25) is 11.8 Å². The number of hydrogen-bond acceptors (Lipinski definition) is 34. The van der Waals surface area contributed by atoms with Crippen molar-refractivity contribution in [1.82, 2.24) is 31.9 Å². The Labute approximate surface area is 814 Å². The van der Waals surface area contributed by atoms with Crippen LogP contribution >= 0.6 is 135 Å². The Morgan fingerprint density at radius 1 is 0.310 bits per heavy atom. The molecule has 0 aromatic rings. The molecule has 0 heterocycles. The summed E-state index contributed by atoms with van der Waals surface area (Å²) in [5, 5.41) is 64.4. The molecule has 0 aromatic carbocycles. The Morgan fingerprint density at radius 3 is 0.729 bits per heavy atom. The zero-order valence-electron chi connectivity index (χ0n) is 77.4. The van der Waals surface area contributed by atoms with E-state index >= 15 is 0 Å². The molecule has 0 saturated heterocycles. The first-order valence-corrected chi connectivity index (χ1v) is 56.6. The minimum atomic E-state index is -1.25. The number of alkyl carbamates (subject to hydrolysis) is 4. The minimum absolute atomic E-state index is 0. The first kappa shape index (κ1) is 129. The van der Waals surface area contributed by atoms with Crippen molar-refractivity contribution in [2.24, 2.45) is 11.5 Å². The van der Waals surface area contributed by atoms with Gasteiger partial charge in [-0.15, -0.1) is 0 Å². The van der Waals surface area contributed by atoms with Gasteiger partial charge in [-0.25, -0.2) is 38.4 Å². The van der Waals surface area contributed by atoms with Crippen molar-refractivity contribution in [2.75, 3.05) is 82.1 Å². The van der Waals surface area contributed by atoms with Crippen LogP contribution in [0.2, 0.25) is 0 Å². The van der Waals surface area contributed by atoms with E-state index in [-0.39, 0.29) is 115 Å². The van der Waals surface area contributed by atoms with Crippen molar-refractivity contribution in [3.8, 4) is 0 Å². The van der Waals surface area contributed by atoms with Crippen LogP contribution in [0.1, 0.15) is 254 Å². The first-order valence-electron chi connectivity index (χ1n) is 42.8. The van der Waals surface area contributed by atoms with Crippen LogP contribution in [0.4, 0.5) is 19.2 Å². The van der Waals surface area contributed by atoms with Crippen molar-refractivity contribution in [1.29, 1.82) is 0 Å². The first-order chi connectivity index (χ1) is 59.7. The smallest absolute Gasteiger partial charge is 0.408 e. The van der Waals surface area contributed by atoms with Crippen molar-refractivity contribution >= 4 is 230 Å². The molecule has 33 nitrogen and oxygen atoms in total. The Balaban J connectivity index is -0.00000167. The van der Waals surface area contributed by atoms with Crippen LogP contribution < -0.4 is 43.4 Å². The lowest BCUT2D eigenvalue weighted by Crippen LogP contribution is -2.45. The van der Waals surface area contributed by atoms with Gasteiger partial charge in [-0.1, -0.05) is 98.9 Å². The van der Waals surface area contributed by atoms with Gasteiger partial charge < -0.3 is 102 Å². The summed E-state index contributed by atoms with van der Waals surface area (Å²) in [5.41, 5.74) is 7.92. The van der Waals surface area contributed by atoms with E-state index in [1.54, 1.807) is 83.1 Å². The van der Waals surface area contributed by atoms with Crippen LogP contribution in [0.15, 0.2) is 0 Å². The number of Topliss-reactive ketones (excluding diaryl/α,β-unsaturated/α-hetero) is 5. The molecule has 3 aliphatic rings. The van der Waals surface area contributed by atoms with E-state index in [2.05, 4.69) is 69.3 Å². The summed E-state index contributed by atoms with van der Waals surface area (Å²) in [5.74, 6) is -0.183. The summed E-state index contributed by atoms with van der Waals surface area (Å²) in [6.07, 6.45) is 11.8. The molecule has 45 heteroatoms. The van der Waals surface area contributed by atoms with E-state index in [0.717, 1.165) is 86.3 Å². The molecular weight excluding hydrogens is 1910 g/mol. The van der Waals surface area contributed by atoms with E-state index in [1.807, 2.05) is 47.0 Å². The fraction of sp³-hybridized carbons (Fsp3) is 0.810. The van der Waals surface area contributed by atoms with Gasteiger partial charge in [-0.05, 0) is 191 Å². The van der Waals surface area contributed by atoms with Gasteiger partial charge in [0.25, 0.3) is 0 Å². The lowest BCUT2D eigenvalue weighted by atomic mass is 9.99. The molecule has 3 saturated carbocycles. The predicted molar refractivity (Wildman–Crippen MR) is 537 cm³/mol. The molecule has 12 unspecified atom stereocenters. The SMILES string of the molecule is C.CC(=O)CCC(=O)O.CC(C)(C)OC(=O)NC(CSSCC(NC(=O)OC(C)(C)C)C(=O)O)C(=O)O.CCCCSC1CCC1SCCCC(=O)C(CSSCC(NC(=O)CCC(C)=O)C(=O)O)NC(=O)CCC(C)=O.CCCCSC1CCC1SCCCC(=O)C(CSSCC(NC(=O)OC(C)(C)C)C(=O)O)NC(=O)OC(C)(C)C.NCCSC1CCC1SCCN. The maximum absolute atomic E-state index is 13.1. The topological polar surface area (TPSA) is 535 Å². The fourth-order valence-corrected chi connectivity index (χ4v) is 26.0. The Hall–Kier alpha value is -4.16. The number of thioether (sulfide) groups is 6. The van der Waals surface area contributed by atoms with Gasteiger partial charge >= 0.3 is 54.2 Å². The second-order valence-electron chi connectivity index (χ2n) is 33.7. The number of aliphatic carboxylic acids is 5. The minimum Gasteiger partial charge on any atom is -0.481 e. The van der Waals surface area contributed by atoms with E-state index in [0.29, 0.717) is 28.6 Å². The molecule has 15 N–H and O–H groups in total. The predicted octanol–water partition coefficient (Wildman–Crippen LogP) is 15.0. The number of rotatable bonds is 60. The number of carbonyl (C=O) groups excluding carboxylic acids is 11. The molecule has 6 amide bonds.